The van der Waals surface area contributed by atoms with E-state index in [1.165, 1.54) is 18.3 Å². The number of phenols is 1. The van der Waals surface area contributed by atoms with Crippen LogP contribution in [0.1, 0.15) is 31.0 Å². The number of benzene rings is 2. The van der Waals surface area contributed by atoms with Gasteiger partial charge < -0.3 is 10.4 Å². The van der Waals surface area contributed by atoms with Crippen molar-refractivity contribution >= 4 is 28.6 Å². The fourth-order valence-electron chi connectivity index (χ4n) is 2.94. The average molecular weight is 391 g/mol. The third-order valence-corrected chi connectivity index (χ3v) is 4.51. The number of non-ortho nitro benzene ring substituents is 1. The number of fused-ring (bicyclic) bond motifs is 1. The zero-order valence-electron chi connectivity index (χ0n) is 16.1. The van der Waals surface area contributed by atoms with Crippen LogP contribution in [0.4, 0.5) is 5.69 Å². The number of amides is 1. The van der Waals surface area contributed by atoms with Crippen molar-refractivity contribution in [3.05, 3.63) is 82.0 Å². The van der Waals surface area contributed by atoms with Crippen molar-refractivity contribution in [1.82, 2.24) is 10.3 Å². The van der Waals surface area contributed by atoms with Crippen LogP contribution in [-0.4, -0.2) is 20.9 Å². The summed E-state index contributed by atoms with van der Waals surface area (Å²) in [6.45, 7) is 3.50. The number of nitro groups is 1. The largest absolute Gasteiger partial charge is 0.505 e. The summed E-state index contributed by atoms with van der Waals surface area (Å²) in [5, 5.41) is 25.5. The van der Waals surface area contributed by atoms with E-state index < -0.39 is 11.0 Å². The Morgan fingerprint density at radius 2 is 1.93 bits per heavy atom. The van der Waals surface area contributed by atoms with Gasteiger partial charge in [0.05, 0.1) is 16.4 Å². The number of phenolic OH excluding ortho intramolecular Hbond substituents is 1. The molecule has 0 bridgehead atoms. The van der Waals surface area contributed by atoms with Gasteiger partial charge in [0.15, 0.2) is 0 Å². The molecule has 7 nitrogen and oxygen atoms in total. The highest BCUT2D eigenvalue weighted by Crippen LogP contribution is 2.38. The van der Waals surface area contributed by atoms with Gasteiger partial charge >= 0.3 is 0 Å². The maximum absolute atomic E-state index is 12.4. The van der Waals surface area contributed by atoms with E-state index in [2.05, 4.69) is 10.3 Å². The topological polar surface area (TPSA) is 105 Å². The van der Waals surface area contributed by atoms with Crippen LogP contribution >= 0.6 is 0 Å². The van der Waals surface area contributed by atoms with Gasteiger partial charge in [0.25, 0.3) is 5.69 Å². The van der Waals surface area contributed by atoms with Crippen molar-refractivity contribution in [2.75, 3.05) is 0 Å². The SMILES string of the molecule is CC(C)C(=O)N[C@@H](/C=C/c1ccccc1)c1cc([N+](=O)[O-])c2cccnc2c1O. The minimum atomic E-state index is -0.768. The predicted octanol–water partition coefficient (Wildman–Crippen LogP) is 4.38. The molecule has 1 heterocycles. The number of aromatic nitrogens is 1. The summed E-state index contributed by atoms with van der Waals surface area (Å²) in [4.78, 5) is 27.5. The number of carbonyl (C=O) groups excluding carboxylic acids is 1. The Bertz CT molecular complexity index is 1080. The molecule has 0 fully saturated rings. The second-order valence-electron chi connectivity index (χ2n) is 6.90. The number of nitro benzene ring substituents is 1. The lowest BCUT2D eigenvalue weighted by molar-refractivity contribution is -0.383. The van der Waals surface area contributed by atoms with Gasteiger partial charge in [-0.2, -0.15) is 0 Å². The Balaban J connectivity index is 2.15. The Morgan fingerprint density at radius 1 is 1.21 bits per heavy atom. The van der Waals surface area contributed by atoms with Gasteiger partial charge in [-0.15, -0.1) is 0 Å². The first kappa shape index (κ1) is 20.0. The average Bonchev–Trinajstić information content (AvgIpc) is 2.72. The molecule has 148 valence electrons. The number of hydrogen-bond acceptors (Lipinski definition) is 5. The summed E-state index contributed by atoms with van der Waals surface area (Å²) in [6.07, 6.45) is 4.94. The first-order valence-electron chi connectivity index (χ1n) is 9.17. The molecular formula is C22H21N3O4. The number of aromatic hydroxyl groups is 1. The van der Waals surface area contributed by atoms with E-state index in [1.54, 1.807) is 32.1 Å². The third kappa shape index (κ3) is 4.40. The van der Waals surface area contributed by atoms with E-state index in [4.69, 9.17) is 0 Å². The van der Waals surface area contributed by atoms with E-state index in [-0.39, 0.29) is 39.7 Å². The van der Waals surface area contributed by atoms with Gasteiger partial charge in [-0.1, -0.05) is 56.3 Å². The standard InChI is InChI=1S/C22H21N3O4/c1-14(2)22(27)24-18(11-10-15-7-4-3-5-8-15)17-13-19(25(28)29)16-9-6-12-23-20(16)21(17)26/h3-14,18,26H,1-2H3,(H,24,27)/b11-10+/t18-/m0/s1. The molecule has 3 rings (SSSR count). The fraction of sp³-hybridized carbons (Fsp3) is 0.182. The molecule has 2 aromatic carbocycles. The smallest absolute Gasteiger partial charge is 0.279 e. The lowest BCUT2D eigenvalue weighted by Crippen LogP contribution is -2.31. The van der Waals surface area contributed by atoms with E-state index in [0.717, 1.165) is 5.56 Å². The zero-order valence-corrected chi connectivity index (χ0v) is 16.1. The monoisotopic (exact) mass is 391 g/mol. The van der Waals surface area contributed by atoms with Gasteiger partial charge in [-0.3, -0.25) is 19.9 Å². The van der Waals surface area contributed by atoms with Crippen molar-refractivity contribution < 1.29 is 14.8 Å². The van der Waals surface area contributed by atoms with Crippen LogP contribution in [0, 0.1) is 16.0 Å². The lowest BCUT2D eigenvalue weighted by atomic mass is 9.99. The van der Waals surface area contributed by atoms with Crippen molar-refractivity contribution in [2.24, 2.45) is 5.92 Å². The van der Waals surface area contributed by atoms with E-state index >= 15 is 0 Å². The summed E-state index contributed by atoms with van der Waals surface area (Å²) in [7, 11) is 0. The van der Waals surface area contributed by atoms with Gasteiger partial charge in [-0.05, 0) is 17.7 Å². The second kappa shape index (κ2) is 8.52. The number of carbonyl (C=O) groups is 1. The normalized spacial score (nSPS) is 12.4. The lowest BCUT2D eigenvalue weighted by Gasteiger charge is -2.19. The van der Waals surface area contributed by atoms with Crippen LogP contribution < -0.4 is 5.32 Å². The van der Waals surface area contributed by atoms with Gasteiger partial charge in [0.2, 0.25) is 5.91 Å². The molecule has 3 aromatic rings. The van der Waals surface area contributed by atoms with E-state index in [0.29, 0.717) is 0 Å². The summed E-state index contributed by atoms with van der Waals surface area (Å²) in [6, 6.07) is 13.1. The molecule has 0 aliphatic carbocycles. The van der Waals surface area contributed by atoms with Gasteiger partial charge in [-0.25, -0.2) is 0 Å². The molecule has 1 amide bonds. The van der Waals surface area contributed by atoms with E-state index in [9.17, 15) is 20.0 Å². The van der Waals surface area contributed by atoms with Crippen molar-refractivity contribution in [3.63, 3.8) is 0 Å². The molecule has 0 radical (unpaired) electrons. The summed E-state index contributed by atoms with van der Waals surface area (Å²) >= 11 is 0. The highest BCUT2D eigenvalue weighted by atomic mass is 16.6. The van der Waals surface area contributed by atoms with Crippen LogP contribution in [0.3, 0.4) is 0 Å². The van der Waals surface area contributed by atoms with Crippen molar-refractivity contribution in [2.45, 2.75) is 19.9 Å². The Labute approximate surface area is 167 Å². The molecule has 2 N–H and O–H groups in total. The summed E-state index contributed by atoms with van der Waals surface area (Å²) in [5.74, 6) is -0.729. The van der Waals surface area contributed by atoms with Crippen LogP contribution in [0.2, 0.25) is 0 Å². The number of nitrogens with one attached hydrogen (secondary N) is 1. The van der Waals surface area contributed by atoms with Crippen LogP contribution in [0.15, 0.2) is 60.8 Å². The minimum absolute atomic E-state index is 0.119. The highest BCUT2D eigenvalue weighted by molar-refractivity contribution is 5.94. The number of nitrogens with zero attached hydrogens (tertiary/aromatic N) is 2. The Hall–Kier alpha value is -3.74. The van der Waals surface area contributed by atoms with Gasteiger partial charge in [0.1, 0.15) is 11.3 Å². The molecule has 0 aliphatic heterocycles. The molecule has 0 saturated heterocycles. The molecular weight excluding hydrogens is 370 g/mol. The van der Waals surface area contributed by atoms with Crippen molar-refractivity contribution in [3.8, 4) is 5.75 Å². The first-order valence-corrected chi connectivity index (χ1v) is 9.17. The quantitative estimate of drug-likeness (QED) is 0.479. The summed E-state index contributed by atoms with van der Waals surface area (Å²) in [5.41, 5.74) is 1.04. The molecule has 0 unspecified atom stereocenters. The molecule has 1 atom stereocenters. The highest BCUT2D eigenvalue weighted by Gasteiger charge is 2.25. The van der Waals surface area contributed by atoms with E-state index in [1.807, 2.05) is 30.3 Å². The third-order valence-electron chi connectivity index (χ3n) is 4.51. The second-order valence-corrected chi connectivity index (χ2v) is 6.90. The predicted molar refractivity (Wildman–Crippen MR) is 111 cm³/mol. The minimum Gasteiger partial charge on any atom is -0.505 e. The maximum atomic E-state index is 12.4. The Kier molecular flexibility index (Phi) is 5.87. The number of pyridine rings is 1. The fourth-order valence-corrected chi connectivity index (χ4v) is 2.94. The van der Waals surface area contributed by atoms with Crippen LogP contribution in [-0.2, 0) is 4.79 Å². The number of hydrogen-bond donors (Lipinski definition) is 2. The molecule has 29 heavy (non-hydrogen) atoms. The molecule has 0 saturated carbocycles. The Morgan fingerprint density at radius 3 is 2.59 bits per heavy atom. The summed E-state index contributed by atoms with van der Waals surface area (Å²) < 4.78 is 0. The van der Waals surface area contributed by atoms with Gasteiger partial charge in [0, 0.05) is 23.7 Å². The van der Waals surface area contributed by atoms with Crippen LogP contribution in [0.5, 0.6) is 5.75 Å². The maximum Gasteiger partial charge on any atom is 0.279 e. The van der Waals surface area contributed by atoms with Crippen LogP contribution in [0.25, 0.3) is 17.0 Å². The first-order chi connectivity index (χ1) is 13.9. The molecule has 0 aliphatic rings. The molecule has 7 heteroatoms. The van der Waals surface area contributed by atoms with Crippen molar-refractivity contribution in [1.29, 1.82) is 0 Å². The zero-order chi connectivity index (χ0) is 21.0. The molecule has 0 spiro atoms. The number of rotatable bonds is 6. The molecule has 1 aromatic heterocycles.